The van der Waals surface area contributed by atoms with Gasteiger partial charge in [0.2, 0.25) is 0 Å². The van der Waals surface area contributed by atoms with E-state index in [9.17, 15) is 9.59 Å². The number of Topliss-reactive ketones (excluding diaryl/α,β-unsaturated/α-hetero) is 1. The van der Waals surface area contributed by atoms with Crippen molar-refractivity contribution < 1.29 is 28.5 Å². The van der Waals surface area contributed by atoms with E-state index in [0.29, 0.717) is 24.2 Å². The molecule has 0 saturated heterocycles. The molecule has 0 bridgehead atoms. The number of carbonyl (C=O) groups excluding carboxylic acids is 2. The molecule has 3 aromatic rings. The van der Waals surface area contributed by atoms with Gasteiger partial charge >= 0.3 is 5.97 Å². The number of allylic oxidation sites excluding steroid dienone is 1. The molecule has 4 rings (SSSR count). The van der Waals surface area contributed by atoms with Gasteiger partial charge in [-0.1, -0.05) is 36.4 Å². The summed E-state index contributed by atoms with van der Waals surface area (Å²) in [6.45, 7) is 2.19. The van der Waals surface area contributed by atoms with E-state index in [0.717, 1.165) is 39.3 Å². The molecule has 6 heteroatoms. The molecule has 0 aliphatic heterocycles. The van der Waals surface area contributed by atoms with E-state index in [1.54, 1.807) is 27.4 Å². The smallest absolute Gasteiger partial charge is 0.338 e. The van der Waals surface area contributed by atoms with Crippen LogP contribution in [0.25, 0.3) is 6.08 Å². The van der Waals surface area contributed by atoms with Crippen LogP contribution in [0.2, 0.25) is 0 Å². The Hall–Kier alpha value is -3.90. The third kappa shape index (κ3) is 4.89. The van der Waals surface area contributed by atoms with Crippen molar-refractivity contribution in [1.82, 2.24) is 0 Å². The van der Waals surface area contributed by atoms with E-state index in [1.807, 2.05) is 61.5 Å². The van der Waals surface area contributed by atoms with Crippen LogP contribution in [0.5, 0.6) is 11.5 Å². The first-order valence-electron chi connectivity index (χ1n) is 12.1. The lowest BCUT2D eigenvalue weighted by Gasteiger charge is -2.37. The minimum atomic E-state index is -0.601. The topological polar surface area (TPSA) is 71.1 Å². The van der Waals surface area contributed by atoms with E-state index in [1.165, 1.54) is 7.11 Å². The Morgan fingerprint density at radius 2 is 1.43 bits per heavy atom. The number of ketones is 1. The van der Waals surface area contributed by atoms with Crippen LogP contribution in [0.4, 0.5) is 0 Å². The summed E-state index contributed by atoms with van der Waals surface area (Å²) in [5.74, 6) is 1.07. The summed E-state index contributed by atoms with van der Waals surface area (Å²) in [4.78, 5) is 26.2. The van der Waals surface area contributed by atoms with Gasteiger partial charge in [-0.15, -0.1) is 0 Å². The van der Waals surface area contributed by atoms with E-state index < -0.39 is 11.4 Å². The summed E-state index contributed by atoms with van der Waals surface area (Å²) < 4.78 is 21.1. The predicted octanol–water partition coefficient (Wildman–Crippen LogP) is 5.57. The van der Waals surface area contributed by atoms with Gasteiger partial charge in [0, 0.05) is 24.5 Å². The lowest BCUT2D eigenvalue weighted by molar-refractivity contribution is 0.0598. The van der Waals surface area contributed by atoms with Crippen molar-refractivity contribution in [3.05, 3.63) is 99.6 Å². The van der Waals surface area contributed by atoms with Crippen LogP contribution in [-0.2, 0) is 21.3 Å². The van der Waals surface area contributed by atoms with Crippen LogP contribution < -0.4 is 9.47 Å². The molecule has 0 saturated carbocycles. The number of aryl methyl sites for hydroxylation is 1. The van der Waals surface area contributed by atoms with Gasteiger partial charge in [0.05, 0.1) is 33.5 Å². The first-order valence-corrected chi connectivity index (χ1v) is 12.1. The molecule has 1 aliphatic rings. The molecule has 192 valence electrons. The van der Waals surface area contributed by atoms with Gasteiger partial charge in [0.25, 0.3) is 0 Å². The Morgan fingerprint density at radius 1 is 0.865 bits per heavy atom. The minimum Gasteiger partial charge on any atom is -0.497 e. The van der Waals surface area contributed by atoms with Crippen LogP contribution in [-0.4, -0.2) is 46.8 Å². The Morgan fingerprint density at radius 3 is 1.92 bits per heavy atom. The van der Waals surface area contributed by atoms with Crippen LogP contribution in [0.1, 0.15) is 55.0 Å². The molecule has 0 aromatic heterocycles. The summed E-state index contributed by atoms with van der Waals surface area (Å²) in [6.07, 6.45) is 4.84. The molecular formula is C31H32O6. The number of methoxy groups -OCH3 is 4. The quantitative estimate of drug-likeness (QED) is 0.282. The number of ether oxygens (including phenoxy) is 4. The van der Waals surface area contributed by atoms with Crippen molar-refractivity contribution in [2.45, 2.75) is 25.2 Å². The fourth-order valence-electron chi connectivity index (χ4n) is 5.14. The summed E-state index contributed by atoms with van der Waals surface area (Å²) in [6, 6.07) is 17.6. The van der Waals surface area contributed by atoms with E-state index >= 15 is 0 Å². The second-order valence-electron chi connectivity index (χ2n) is 9.10. The molecule has 0 atom stereocenters. The zero-order valence-electron chi connectivity index (χ0n) is 21.9. The molecule has 3 aromatic carbocycles. The van der Waals surface area contributed by atoms with Crippen LogP contribution >= 0.6 is 0 Å². The third-order valence-electron chi connectivity index (χ3n) is 7.09. The lowest BCUT2D eigenvalue weighted by Crippen LogP contribution is -2.32. The first-order chi connectivity index (χ1) is 17.9. The van der Waals surface area contributed by atoms with Gasteiger partial charge in [0.15, 0.2) is 5.78 Å². The van der Waals surface area contributed by atoms with Crippen LogP contribution in [0, 0.1) is 6.92 Å². The Kier molecular flexibility index (Phi) is 7.79. The van der Waals surface area contributed by atoms with Crippen molar-refractivity contribution >= 4 is 17.8 Å². The average Bonchev–Trinajstić information content (AvgIpc) is 2.94. The molecule has 0 heterocycles. The van der Waals surface area contributed by atoms with Gasteiger partial charge in [-0.25, -0.2) is 4.79 Å². The molecule has 0 unspecified atom stereocenters. The molecule has 0 radical (unpaired) electrons. The largest absolute Gasteiger partial charge is 0.497 e. The SMILES string of the molecule is COCCC(=O)c1c(C)cc(C(=O)OC)c2c1C=CC(c1ccc(OC)cc1)(c1ccc(OC)cc1)C2. The number of esters is 1. The Bertz CT molecular complexity index is 1270. The van der Waals surface area contributed by atoms with E-state index in [2.05, 4.69) is 6.08 Å². The predicted molar refractivity (Wildman–Crippen MR) is 143 cm³/mol. The van der Waals surface area contributed by atoms with E-state index in [-0.39, 0.29) is 12.2 Å². The highest BCUT2D eigenvalue weighted by atomic mass is 16.5. The van der Waals surface area contributed by atoms with Gasteiger partial charge in [-0.2, -0.15) is 0 Å². The number of benzene rings is 3. The molecule has 0 spiro atoms. The lowest BCUT2D eigenvalue weighted by atomic mass is 9.65. The van der Waals surface area contributed by atoms with Gasteiger partial charge in [-0.05, 0) is 71.5 Å². The number of hydrogen-bond donors (Lipinski definition) is 0. The third-order valence-corrected chi connectivity index (χ3v) is 7.09. The number of carbonyl (C=O) groups is 2. The normalized spacial score (nSPS) is 13.5. The van der Waals surface area contributed by atoms with Crippen molar-refractivity contribution in [2.24, 2.45) is 0 Å². The summed E-state index contributed by atoms with van der Waals surface area (Å²) >= 11 is 0. The standard InChI is InChI=1S/C31H32O6/c1-20-18-26(30(33)37-5)27-19-31(21-6-10-23(35-3)11-7-21,22-8-12-24(36-4)13-9-22)16-14-25(27)29(20)28(32)15-17-34-2/h6-14,16,18H,15,17,19H2,1-5H3. The van der Waals surface area contributed by atoms with Crippen molar-refractivity contribution in [1.29, 1.82) is 0 Å². The van der Waals surface area contributed by atoms with Gasteiger partial charge < -0.3 is 18.9 Å². The van der Waals surface area contributed by atoms with Gasteiger partial charge in [0.1, 0.15) is 11.5 Å². The molecule has 1 aliphatic carbocycles. The Labute approximate surface area is 217 Å². The zero-order chi connectivity index (χ0) is 26.6. The monoisotopic (exact) mass is 500 g/mol. The number of rotatable bonds is 9. The zero-order valence-corrected chi connectivity index (χ0v) is 21.9. The Balaban J connectivity index is 1.96. The highest BCUT2D eigenvalue weighted by Gasteiger charge is 2.38. The molecule has 37 heavy (non-hydrogen) atoms. The second kappa shape index (κ2) is 11.0. The molecule has 0 amide bonds. The number of fused-ring (bicyclic) bond motifs is 1. The fourth-order valence-corrected chi connectivity index (χ4v) is 5.14. The maximum atomic E-state index is 13.2. The van der Waals surface area contributed by atoms with Crippen LogP contribution in [0.3, 0.4) is 0 Å². The van der Waals surface area contributed by atoms with Crippen molar-refractivity contribution in [3.63, 3.8) is 0 Å². The summed E-state index contributed by atoms with van der Waals surface area (Å²) in [7, 11) is 6.23. The molecule has 6 nitrogen and oxygen atoms in total. The fraction of sp³-hybridized carbons (Fsp3) is 0.290. The number of hydrogen-bond acceptors (Lipinski definition) is 6. The van der Waals surface area contributed by atoms with Crippen LogP contribution in [0.15, 0.2) is 60.7 Å². The minimum absolute atomic E-state index is 0.0157. The maximum absolute atomic E-state index is 13.2. The average molecular weight is 501 g/mol. The maximum Gasteiger partial charge on any atom is 0.338 e. The highest BCUT2D eigenvalue weighted by Crippen LogP contribution is 2.45. The van der Waals surface area contributed by atoms with E-state index in [4.69, 9.17) is 18.9 Å². The highest BCUT2D eigenvalue weighted by molar-refractivity contribution is 6.04. The summed E-state index contributed by atoms with van der Waals surface area (Å²) in [5, 5.41) is 0. The first kappa shape index (κ1) is 26.2. The summed E-state index contributed by atoms with van der Waals surface area (Å²) in [5.41, 5.74) is 4.84. The van der Waals surface area contributed by atoms with Crippen molar-refractivity contribution in [2.75, 3.05) is 35.0 Å². The second-order valence-corrected chi connectivity index (χ2v) is 9.10. The molecular weight excluding hydrogens is 468 g/mol. The molecule has 0 fully saturated rings. The van der Waals surface area contributed by atoms with Crippen molar-refractivity contribution in [3.8, 4) is 11.5 Å². The molecule has 0 N–H and O–H groups in total. The van der Waals surface area contributed by atoms with Gasteiger partial charge in [-0.3, -0.25) is 4.79 Å².